The van der Waals surface area contributed by atoms with Crippen molar-refractivity contribution in [2.75, 3.05) is 6.61 Å². The molecule has 4 unspecified atom stereocenters. The molecule has 0 radical (unpaired) electrons. The third-order valence-corrected chi connectivity index (χ3v) is 7.10. The van der Waals surface area contributed by atoms with Crippen molar-refractivity contribution in [2.24, 2.45) is 23.7 Å². The van der Waals surface area contributed by atoms with E-state index in [2.05, 4.69) is 27.7 Å². The van der Waals surface area contributed by atoms with E-state index in [1.165, 1.54) is 109 Å². The van der Waals surface area contributed by atoms with Crippen molar-refractivity contribution in [3.05, 3.63) is 0 Å². The minimum atomic E-state index is -0.0295. The maximum absolute atomic E-state index is 11.8. The van der Waals surface area contributed by atoms with E-state index in [1.54, 1.807) is 0 Å². The zero-order chi connectivity index (χ0) is 24.0. The van der Waals surface area contributed by atoms with Crippen molar-refractivity contribution in [3.63, 3.8) is 0 Å². The Balaban J connectivity index is 3.55. The van der Waals surface area contributed by atoms with Crippen molar-refractivity contribution in [3.8, 4) is 0 Å². The zero-order valence-corrected chi connectivity index (χ0v) is 23.1. The summed E-state index contributed by atoms with van der Waals surface area (Å²) < 4.78 is 5.15. The summed E-state index contributed by atoms with van der Waals surface area (Å²) in [6.45, 7) is 13.8. The maximum atomic E-state index is 11.8. The topological polar surface area (TPSA) is 26.3 Å². The molecule has 0 aliphatic carbocycles. The van der Waals surface area contributed by atoms with Crippen molar-refractivity contribution >= 4 is 5.97 Å². The monoisotopic (exact) mass is 452 g/mol. The highest BCUT2D eigenvalue weighted by molar-refractivity contribution is 5.71. The minimum absolute atomic E-state index is 0.0295. The summed E-state index contributed by atoms with van der Waals surface area (Å²) in [5.74, 6) is 2.18. The lowest BCUT2D eigenvalue weighted by Crippen LogP contribution is -2.18. The van der Waals surface area contributed by atoms with Crippen LogP contribution in [0.25, 0.3) is 0 Å². The first-order valence-corrected chi connectivity index (χ1v) is 14.6. The lowest BCUT2D eigenvalue weighted by atomic mass is 9.84. The van der Waals surface area contributed by atoms with E-state index in [0.29, 0.717) is 12.5 Å². The molecule has 32 heavy (non-hydrogen) atoms. The SMILES string of the molecule is CCCCCCCCCCCCCCCCC(C)CC(C)CC(C)CC(C)C(=O)OCC. The molecular formula is C30H60O2. The largest absolute Gasteiger partial charge is 0.466 e. The van der Waals surface area contributed by atoms with Crippen LogP contribution in [0, 0.1) is 23.7 Å². The molecule has 2 nitrogen and oxygen atoms in total. The molecule has 0 aromatic carbocycles. The number of hydrogen-bond acceptors (Lipinski definition) is 2. The van der Waals surface area contributed by atoms with Gasteiger partial charge < -0.3 is 4.74 Å². The van der Waals surface area contributed by atoms with Gasteiger partial charge in [-0.05, 0) is 43.9 Å². The Morgan fingerprint density at radius 1 is 0.562 bits per heavy atom. The Bertz CT molecular complexity index is 406. The van der Waals surface area contributed by atoms with Gasteiger partial charge in [0, 0.05) is 0 Å². The standard InChI is InChI=1S/C30H60O2/c1-7-9-10-11-12-13-14-15-16-17-18-19-20-21-22-26(3)23-27(4)24-28(5)25-29(6)30(31)32-8-2/h26-29H,7-25H2,1-6H3. The van der Waals surface area contributed by atoms with E-state index in [0.717, 1.165) is 18.3 Å². The molecule has 4 atom stereocenters. The molecule has 0 fully saturated rings. The van der Waals surface area contributed by atoms with Gasteiger partial charge in [-0.3, -0.25) is 4.79 Å². The molecule has 0 N–H and O–H groups in total. The fraction of sp³-hybridized carbons (Fsp3) is 0.967. The summed E-state index contributed by atoms with van der Waals surface area (Å²) in [6.07, 6.45) is 25.0. The van der Waals surface area contributed by atoms with Crippen molar-refractivity contribution in [1.29, 1.82) is 0 Å². The number of ether oxygens (including phenoxy) is 1. The summed E-state index contributed by atoms with van der Waals surface area (Å²) >= 11 is 0. The van der Waals surface area contributed by atoms with Crippen LogP contribution in [0.1, 0.15) is 157 Å². The summed E-state index contributed by atoms with van der Waals surface area (Å²) in [7, 11) is 0. The second-order valence-electron chi connectivity index (χ2n) is 11.1. The van der Waals surface area contributed by atoms with Crippen LogP contribution in [0.3, 0.4) is 0 Å². The van der Waals surface area contributed by atoms with Crippen LogP contribution in [0.5, 0.6) is 0 Å². The third kappa shape index (κ3) is 20.1. The first kappa shape index (κ1) is 31.5. The molecule has 0 aromatic rings. The molecule has 0 bridgehead atoms. The summed E-state index contributed by atoms with van der Waals surface area (Å²) in [5, 5.41) is 0. The molecule has 192 valence electrons. The van der Waals surface area contributed by atoms with Gasteiger partial charge in [-0.15, -0.1) is 0 Å². The highest BCUT2D eigenvalue weighted by Crippen LogP contribution is 2.26. The smallest absolute Gasteiger partial charge is 0.308 e. The van der Waals surface area contributed by atoms with Crippen LogP contribution in [0.15, 0.2) is 0 Å². The van der Waals surface area contributed by atoms with Gasteiger partial charge in [0.1, 0.15) is 0 Å². The number of carbonyl (C=O) groups excluding carboxylic acids is 1. The number of rotatable bonds is 23. The minimum Gasteiger partial charge on any atom is -0.466 e. The number of unbranched alkanes of at least 4 members (excludes halogenated alkanes) is 13. The Morgan fingerprint density at radius 2 is 0.969 bits per heavy atom. The Morgan fingerprint density at radius 3 is 1.44 bits per heavy atom. The number of carbonyl (C=O) groups is 1. The molecule has 2 heteroatoms. The predicted molar refractivity (Wildman–Crippen MR) is 142 cm³/mol. The molecule has 0 saturated heterocycles. The lowest BCUT2D eigenvalue weighted by Gasteiger charge is -2.22. The molecular weight excluding hydrogens is 392 g/mol. The van der Waals surface area contributed by atoms with E-state index >= 15 is 0 Å². The van der Waals surface area contributed by atoms with E-state index in [9.17, 15) is 4.79 Å². The van der Waals surface area contributed by atoms with Gasteiger partial charge in [0.05, 0.1) is 12.5 Å². The second kappa shape index (κ2) is 22.3. The predicted octanol–water partition coefficient (Wildman–Crippen LogP) is 10.1. The van der Waals surface area contributed by atoms with Gasteiger partial charge in [-0.25, -0.2) is 0 Å². The molecule has 0 aliphatic heterocycles. The van der Waals surface area contributed by atoms with Gasteiger partial charge >= 0.3 is 5.97 Å². The molecule has 0 saturated carbocycles. The Labute approximate surface area is 203 Å². The number of hydrogen-bond donors (Lipinski definition) is 0. The average molecular weight is 453 g/mol. The zero-order valence-electron chi connectivity index (χ0n) is 23.1. The first-order valence-electron chi connectivity index (χ1n) is 14.6. The Kier molecular flexibility index (Phi) is 21.9. The van der Waals surface area contributed by atoms with E-state index in [4.69, 9.17) is 4.74 Å². The fourth-order valence-electron chi connectivity index (χ4n) is 5.36. The van der Waals surface area contributed by atoms with Gasteiger partial charge in [-0.1, -0.05) is 131 Å². The van der Waals surface area contributed by atoms with Crippen LogP contribution in [-0.2, 0) is 9.53 Å². The number of esters is 1. The Hall–Kier alpha value is -0.530. The third-order valence-electron chi connectivity index (χ3n) is 7.10. The molecule has 0 aliphatic rings. The summed E-state index contributed by atoms with van der Waals surface area (Å²) in [4.78, 5) is 11.8. The van der Waals surface area contributed by atoms with Gasteiger partial charge in [-0.2, -0.15) is 0 Å². The van der Waals surface area contributed by atoms with Gasteiger partial charge in [0.25, 0.3) is 0 Å². The van der Waals surface area contributed by atoms with Crippen LogP contribution in [0.4, 0.5) is 0 Å². The van der Waals surface area contributed by atoms with Gasteiger partial charge in [0.2, 0.25) is 0 Å². The summed E-state index contributed by atoms with van der Waals surface area (Å²) in [5.41, 5.74) is 0. The molecule has 0 rings (SSSR count). The van der Waals surface area contributed by atoms with Crippen LogP contribution >= 0.6 is 0 Å². The van der Waals surface area contributed by atoms with E-state index in [1.807, 2.05) is 13.8 Å². The van der Waals surface area contributed by atoms with Crippen LogP contribution < -0.4 is 0 Å². The quantitative estimate of drug-likeness (QED) is 0.114. The lowest BCUT2D eigenvalue weighted by molar-refractivity contribution is -0.148. The molecule has 0 heterocycles. The average Bonchev–Trinajstić information content (AvgIpc) is 2.73. The van der Waals surface area contributed by atoms with Gasteiger partial charge in [0.15, 0.2) is 0 Å². The first-order chi connectivity index (χ1) is 15.4. The van der Waals surface area contributed by atoms with E-state index in [-0.39, 0.29) is 11.9 Å². The van der Waals surface area contributed by atoms with Crippen LogP contribution in [0.2, 0.25) is 0 Å². The van der Waals surface area contributed by atoms with Crippen LogP contribution in [-0.4, -0.2) is 12.6 Å². The fourth-order valence-corrected chi connectivity index (χ4v) is 5.36. The van der Waals surface area contributed by atoms with E-state index < -0.39 is 0 Å². The second-order valence-corrected chi connectivity index (χ2v) is 11.1. The molecule has 0 spiro atoms. The highest BCUT2D eigenvalue weighted by Gasteiger charge is 2.19. The normalized spacial score (nSPS) is 15.3. The van der Waals surface area contributed by atoms with Crippen molar-refractivity contribution in [1.82, 2.24) is 0 Å². The summed E-state index contributed by atoms with van der Waals surface area (Å²) in [6, 6.07) is 0. The highest BCUT2D eigenvalue weighted by atomic mass is 16.5. The molecule has 0 aromatic heterocycles. The van der Waals surface area contributed by atoms with Crippen molar-refractivity contribution < 1.29 is 9.53 Å². The van der Waals surface area contributed by atoms with Crippen molar-refractivity contribution in [2.45, 2.75) is 157 Å². The molecule has 0 amide bonds. The maximum Gasteiger partial charge on any atom is 0.308 e.